The van der Waals surface area contributed by atoms with Crippen molar-refractivity contribution in [3.05, 3.63) is 35.4 Å². The molecule has 2 amide bonds. The van der Waals surface area contributed by atoms with Crippen molar-refractivity contribution in [3.8, 4) is 0 Å². The normalized spacial score (nSPS) is 13.6. The number of nitrogens with one attached hydrogen (secondary N) is 2. The van der Waals surface area contributed by atoms with E-state index in [1.165, 1.54) is 19.4 Å². The van der Waals surface area contributed by atoms with Gasteiger partial charge in [0.2, 0.25) is 16.9 Å². The number of carboxylic acid groups (broad SMARTS) is 1. The van der Waals surface area contributed by atoms with E-state index in [1.807, 2.05) is 24.3 Å². The maximum atomic E-state index is 12.7. The number of rotatable bonds is 12. The van der Waals surface area contributed by atoms with Crippen LogP contribution in [-0.4, -0.2) is 56.7 Å². The Morgan fingerprint density at radius 2 is 1.30 bits per heavy atom. The Labute approximate surface area is 203 Å². The molecule has 1 rings (SSSR count). The zero-order valence-corrected chi connectivity index (χ0v) is 21.2. The van der Waals surface area contributed by atoms with Gasteiger partial charge < -0.3 is 15.7 Å². The molecule has 0 aliphatic carbocycles. The molecule has 0 fully saturated rings. The maximum Gasteiger partial charge on any atom is 0.327 e. The zero-order chi connectivity index (χ0) is 25.1. The molecular formula is C23H32N2O6S2. The lowest BCUT2D eigenvalue weighted by Crippen LogP contribution is -2.44. The van der Waals surface area contributed by atoms with E-state index in [9.17, 15) is 24.0 Å². The second kappa shape index (κ2) is 14.0. The minimum absolute atomic E-state index is 0.0257. The van der Waals surface area contributed by atoms with Gasteiger partial charge in [-0.1, -0.05) is 68.6 Å². The molecule has 182 valence electrons. The van der Waals surface area contributed by atoms with Crippen LogP contribution in [0.1, 0.15) is 51.7 Å². The fourth-order valence-corrected chi connectivity index (χ4v) is 4.90. The highest BCUT2D eigenvalue weighted by molar-refractivity contribution is 8.15. The number of carbonyl (C=O) groups is 5. The van der Waals surface area contributed by atoms with Gasteiger partial charge in [0, 0.05) is 25.4 Å². The smallest absolute Gasteiger partial charge is 0.327 e. The van der Waals surface area contributed by atoms with E-state index < -0.39 is 35.0 Å². The van der Waals surface area contributed by atoms with Gasteiger partial charge >= 0.3 is 5.97 Å². The highest BCUT2D eigenvalue weighted by Crippen LogP contribution is 2.24. The molecule has 0 saturated carbocycles. The number of carbonyl (C=O) groups excluding carboxylic acids is 4. The molecule has 1 aromatic rings. The molecule has 2 unspecified atom stereocenters. The molecule has 8 nitrogen and oxygen atoms in total. The fraction of sp³-hybridized carbons (Fsp3) is 0.522. The molecule has 0 heterocycles. The Morgan fingerprint density at radius 3 is 1.79 bits per heavy atom. The Morgan fingerprint density at radius 1 is 0.818 bits per heavy atom. The predicted molar refractivity (Wildman–Crippen MR) is 131 cm³/mol. The lowest BCUT2D eigenvalue weighted by Gasteiger charge is -2.18. The number of thioether (sulfide) groups is 2. The summed E-state index contributed by atoms with van der Waals surface area (Å²) >= 11 is 1.64. The topological polar surface area (TPSA) is 130 Å². The second-order valence-corrected chi connectivity index (χ2v) is 10.2. The summed E-state index contributed by atoms with van der Waals surface area (Å²) in [7, 11) is 0. The fourth-order valence-electron chi connectivity index (χ4n) is 2.94. The molecule has 0 aliphatic rings. The number of hydrogen-bond donors (Lipinski definition) is 3. The van der Waals surface area contributed by atoms with Crippen LogP contribution in [-0.2, 0) is 30.4 Å². The van der Waals surface area contributed by atoms with Crippen molar-refractivity contribution in [2.24, 2.45) is 5.92 Å². The van der Waals surface area contributed by atoms with Crippen LogP contribution < -0.4 is 10.6 Å². The Balaban J connectivity index is 2.73. The van der Waals surface area contributed by atoms with Gasteiger partial charge in [-0.3, -0.25) is 19.2 Å². The number of benzene rings is 1. The lowest BCUT2D eigenvalue weighted by atomic mass is 9.97. The van der Waals surface area contributed by atoms with Gasteiger partial charge in [-0.25, -0.2) is 4.79 Å². The summed E-state index contributed by atoms with van der Waals surface area (Å²) in [6, 6.07) is 5.69. The van der Waals surface area contributed by atoms with Gasteiger partial charge in [-0.15, -0.1) is 0 Å². The van der Waals surface area contributed by atoms with Crippen molar-refractivity contribution in [1.82, 2.24) is 10.6 Å². The minimum atomic E-state index is -1.26. The van der Waals surface area contributed by atoms with E-state index in [2.05, 4.69) is 24.5 Å². The zero-order valence-electron chi connectivity index (χ0n) is 19.5. The van der Waals surface area contributed by atoms with Crippen LogP contribution >= 0.6 is 23.5 Å². The third-order valence-electron chi connectivity index (χ3n) is 4.60. The molecule has 0 spiro atoms. The maximum absolute atomic E-state index is 12.7. The molecule has 33 heavy (non-hydrogen) atoms. The molecule has 0 aliphatic heterocycles. The molecule has 3 N–H and O–H groups in total. The third kappa shape index (κ3) is 10.9. The summed E-state index contributed by atoms with van der Waals surface area (Å²) in [5.74, 6) is -2.25. The first-order chi connectivity index (χ1) is 15.4. The van der Waals surface area contributed by atoms with E-state index in [4.69, 9.17) is 5.11 Å². The quantitative estimate of drug-likeness (QED) is 0.403. The Kier molecular flexibility index (Phi) is 12.2. The van der Waals surface area contributed by atoms with E-state index >= 15 is 0 Å². The predicted octanol–water partition coefficient (Wildman–Crippen LogP) is 2.60. The van der Waals surface area contributed by atoms with Crippen LogP contribution in [0.4, 0.5) is 0 Å². The van der Waals surface area contributed by atoms with E-state index in [1.54, 1.807) is 6.92 Å². The molecular weight excluding hydrogens is 464 g/mol. The van der Waals surface area contributed by atoms with Crippen LogP contribution in [0.15, 0.2) is 24.3 Å². The van der Waals surface area contributed by atoms with Crippen LogP contribution in [0.2, 0.25) is 0 Å². The molecule has 0 radical (unpaired) electrons. The van der Waals surface area contributed by atoms with Gasteiger partial charge in [0.05, 0.1) is 5.92 Å². The van der Waals surface area contributed by atoms with Crippen molar-refractivity contribution in [2.75, 3.05) is 11.5 Å². The number of hydrogen-bond acceptors (Lipinski definition) is 7. The first-order valence-electron chi connectivity index (χ1n) is 10.6. The highest BCUT2D eigenvalue weighted by Gasteiger charge is 2.26. The summed E-state index contributed by atoms with van der Waals surface area (Å²) < 4.78 is 0. The Bertz CT molecular complexity index is 857. The van der Waals surface area contributed by atoms with Crippen LogP contribution in [0.3, 0.4) is 0 Å². The first kappa shape index (κ1) is 28.7. The molecule has 0 saturated heterocycles. The van der Waals surface area contributed by atoms with Crippen LogP contribution in [0, 0.1) is 5.92 Å². The van der Waals surface area contributed by atoms with Crippen molar-refractivity contribution in [2.45, 2.75) is 59.0 Å². The summed E-state index contributed by atoms with van der Waals surface area (Å²) in [5.41, 5.74) is 2.07. The first-order valence-corrected chi connectivity index (χ1v) is 12.6. The number of aliphatic carboxylic acids is 1. The standard InChI is InChI=1S/C23H32N2O6S2/c1-13(2)10-17-6-8-18(9-7-17)14(3)22(30)32-12-20(25-16(5)27)23(31)33-11-19(21(28)29)24-15(4)26/h6-9,13-14,19-20H,10-12H2,1-5H3,(H,24,26)(H,25,27)(H,28,29)/t14-,19?,20?/m1/s1. The molecule has 0 bridgehead atoms. The number of carboxylic acids is 1. The van der Waals surface area contributed by atoms with Crippen molar-refractivity contribution in [1.29, 1.82) is 0 Å². The van der Waals surface area contributed by atoms with Gasteiger partial charge in [0.25, 0.3) is 0 Å². The molecule has 3 atom stereocenters. The summed E-state index contributed by atoms with van der Waals surface area (Å²) in [4.78, 5) is 59.2. The van der Waals surface area contributed by atoms with Crippen LogP contribution in [0.25, 0.3) is 0 Å². The minimum Gasteiger partial charge on any atom is -0.480 e. The Hall–Kier alpha value is -2.33. The van der Waals surface area contributed by atoms with Crippen LogP contribution in [0.5, 0.6) is 0 Å². The molecule has 0 aromatic heterocycles. The van der Waals surface area contributed by atoms with E-state index in [0.717, 1.165) is 23.7 Å². The number of amides is 2. The molecule has 10 heteroatoms. The average molecular weight is 497 g/mol. The SMILES string of the molecule is CC(=O)NC(CSC(=O)C(CSC(=O)[C@H](C)c1ccc(CC(C)C)cc1)NC(C)=O)C(=O)O. The second-order valence-electron chi connectivity index (χ2n) is 8.17. The van der Waals surface area contributed by atoms with Crippen molar-refractivity contribution in [3.63, 3.8) is 0 Å². The van der Waals surface area contributed by atoms with Crippen molar-refractivity contribution < 1.29 is 29.1 Å². The monoisotopic (exact) mass is 496 g/mol. The average Bonchev–Trinajstić information content (AvgIpc) is 2.72. The van der Waals surface area contributed by atoms with E-state index in [-0.39, 0.29) is 22.5 Å². The van der Waals surface area contributed by atoms with Gasteiger partial charge in [0.15, 0.2) is 5.12 Å². The third-order valence-corrected chi connectivity index (χ3v) is 6.81. The van der Waals surface area contributed by atoms with Gasteiger partial charge in [-0.2, -0.15) is 0 Å². The van der Waals surface area contributed by atoms with Crippen molar-refractivity contribution >= 4 is 51.5 Å². The molecule has 1 aromatic carbocycles. The summed E-state index contributed by atoms with van der Waals surface area (Å²) in [5, 5.41) is 13.3. The summed E-state index contributed by atoms with van der Waals surface area (Å²) in [6.45, 7) is 8.52. The summed E-state index contributed by atoms with van der Waals surface area (Å²) in [6.07, 6.45) is 0.959. The highest BCUT2D eigenvalue weighted by atomic mass is 32.2. The van der Waals surface area contributed by atoms with Gasteiger partial charge in [-0.05, 0) is 23.5 Å². The largest absolute Gasteiger partial charge is 0.480 e. The lowest BCUT2D eigenvalue weighted by molar-refractivity contribution is -0.140. The van der Waals surface area contributed by atoms with Gasteiger partial charge in [0.1, 0.15) is 12.1 Å². The van der Waals surface area contributed by atoms with E-state index in [0.29, 0.717) is 17.7 Å².